The normalized spacial score (nSPS) is 18.1. The Morgan fingerprint density at radius 1 is 1.16 bits per heavy atom. The molecular formula is C25H28ClNO4. The second-order valence-corrected chi connectivity index (χ2v) is 8.67. The van der Waals surface area contributed by atoms with Crippen LogP contribution in [0, 0.1) is 12.8 Å². The number of ketones is 1. The smallest absolute Gasteiger partial charge is 0.295 e. The lowest BCUT2D eigenvalue weighted by molar-refractivity contribution is -0.139. The minimum atomic E-state index is -0.677. The summed E-state index contributed by atoms with van der Waals surface area (Å²) in [4.78, 5) is 27.2. The lowest BCUT2D eigenvalue weighted by Crippen LogP contribution is -2.30. The second kappa shape index (κ2) is 9.56. The van der Waals surface area contributed by atoms with Crippen molar-refractivity contribution in [3.05, 3.63) is 69.8 Å². The molecule has 0 spiro atoms. The van der Waals surface area contributed by atoms with Gasteiger partial charge in [-0.2, -0.15) is 0 Å². The van der Waals surface area contributed by atoms with Gasteiger partial charge in [0.25, 0.3) is 11.7 Å². The molecule has 0 aromatic heterocycles. The Morgan fingerprint density at radius 2 is 1.84 bits per heavy atom. The summed E-state index contributed by atoms with van der Waals surface area (Å²) in [5, 5.41) is 11.7. The topological polar surface area (TPSA) is 66.8 Å². The van der Waals surface area contributed by atoms with Crippen LogP contribution in [0.4, 0.5) is 0 Å². The number of aryl methyl sites for hydroxylation is 1. The number of aliphatic hydroxyl groups is 1. The highest BCUT2D eigenvalue weighted by Gasteiger charge is 2.45. The molecule has 1 aliphatic rings. The van der Waals surface area contributed by atoms with E-state index in [-0.39, 0.29) is 11.3 Å². The first-order chi connectivity index (χ1) is 14.7. The number of nitrogens with zero attached hydrogens (tertiary/aromatic N) is 1. The molecule has 0 bridgehead atoms. The summed E-state index contributed by atoms with van der Waals surface area (Å²) in [6.07, 6.45) is 0.693. The van der Waals surface area contributed by atoms with Crippen LogP contribution < -0.4 is 4.74 Å². The van der Waals surface area contributed by atoms with Crippen molar-refractivity contribution in [3.8, 4) is 5.75 Å². The maximum atomic E-state index is 12.9. The van der Waals surface area contributed by atoms with Crippen molar-refractivity contribution in [2.45, 2.75) is 40.2 Å². The van der Waals surface area contributed by atoms with Gasteiger partial charge in [-0.15, -0.1) is 0 Å². The fourth-order valence-corrected chi connectivity index (χ4v) is 3.84. The highest BCUT2D eigenvalue weighted by atomic mass is 35.5. The summed E-state index contributed by atoms with van der Waals surface area (Å²) in [7, 11) is 0. The quantitative estimate of drug-likeness (QED) is 0.349. The summed E-state index contributed by atoms with van der Waals surface area (Å²) in [5.74, 6) is -0.344. The Kier molecular flexibility index (Phi) is 7.06. The number of carbonyl (C=O) groups is 2. The van der Waals surface area contributed by atoms with Crippen LogP contribution in [0.5, 0.6) is 5.75 Å². The first-order valence-electron chi connectivity index (χ1n) is 10.5. The van der Waals surface area contributed by atoms with Crippen LogP contribution in [-0.2, 0) is 9.59 Å². The highest BCUT2D eigenvalue weighted by molar-refractivity contribution is 6.46. The van der Waals surface area contributed by atoms with Crippen LogP contribution in [0.3, 0.4) is 0 Å². The average molecular weight is 442 g/mol. The molecule has 3 rings (SSSR count). The van der Waals surface area contributed by atoms with Gasteiger partial charge in [-0.3, -0.25) is 9.59 Å². The number of halogens is 1. The van der Waals surface area contributed by atoms with E-state index >= 15 is 0 Å². The molecular weight excluding hydrogens is 414 g/mol. The molecule has 0 saturated carbocycles. The molecule has 0 aliphatic carbocycles. The van der Waals surface area contributed by atoms with Gasteiger partial charge in [0, 0.05) is 17.1 Å². The Bertz CT molecular complexity index is 1010. The molecule has 1 unspecified atom stereocenters. The molecule has 31 heavy (non-hydrogen) atoms. The zero-order valence-corrected chi connectivity index (χ0v) is 19.1. The van der Waals surface area contributed by atoms with Crippen molar-refractivity contribution in [3.63, 3.8) is 0 Å². The number of benzene rings is 2. The fraction of sp³-hybridized carbons (Fsp3) is 0.360. The third-order valence-corrected chi connectivity index (χ3v) is 5.46. The lowest BCUT2D eigenvalue weighted by atomic mass is 9.94. The number of hydrogen-bond donors (Lipinski definition) is 1. The number of likely N-dealkylation sites (tertiary alicyclic amines) is 1. The molecule has 1 aliphatic heterocycles. The van der Waals surface area contributed by atoms with E-state index in [9.17, 15) is 14.7 Å². The maximum Gasteiger partial charge on any atom is 0.295 e. The minimum absolute atomic E-state index is 0.0935. The first-order valence-corrected chi connectivity index (χ1v) is 10.9. The second-order valence-electron chi connectivity index (χ2n) is 8.23. The average Bonchev–Trinajstić information content (AvgIpc) is 2.98. The fourth-order valence-electron chi connectivity index (χ4n) is 3.71. The number of hydrogen-bond acceptors (Lipinski definition) is 4. The van der Waals surface area contributed by atoms with E-state index in [1.165, 1.54) is 4.90 Å². The predicted octanol–water partition coefficient (Wildman–Crippen LogP) is 5.51. The Morgan fingerprint density at radius 3 is 2.42 bits per heavy atom. The number of rotatable bonds is 7. The minimum Gasteiger partial charge on any atom is -0.507 e. The molecule has 1 atom stereocenters. The van der Waals surface area contributed by atoms with Crippen molar-refractivity contribution in [1.29, 1.82) is 0 Å². The molecule has 2 aromatic rings. The van der Waals surface area contributed by atoms with Crippen LogP contribution in [0.2, 0.25) is 5.02 Å². The van der Waals surface area contributed by atoms with Crippen molar-refractivity contribution in [2.24, 2.45) is 5.92 Å². The summed E-state index contributed by atoms with van der Waals surface area (Å²) in [5.41, 5.74) is 2.14. The van der Waals surface area contributed by atoms with Crippen LogP contribution in [-0.4, -0.2) is 34.8 Å². The molecule has 1 N–H and O–H groups in total. The van der Waals surface area contributed by atoms with Gasteiger partial charge >= 0.3 is 0 Å². The van der Waals surface area contributed by atoms with Crippen molar-refractivity contribution >= 4 is 29.1 Å². The van der Waals surface area contributed by atoms with Gasteiger partial charge in [0.15, 0.2) is 0 Å². The van der Waals surface area contributed by atoms with Crippen molar-refractivity contribution < 1.29 is 19.4 Å². The van der Waals surface area contributed by atoms with Gasteiger partial charge in [0.05, 0.1) is 18.2 Å². The van der Waals surface area contributed by atoms with E-state index in [0.717, 1.165) is 16.9 Å². The summed E-state index contributed by atoms with van der Waals surface area (Å²) < 4.78 is 5.81. The highest BCUT2D eigenvalue weighted by Crippen LogP contribution is 2.40. The Labute approximate surface area is 188 Å². The summed E-state index contributed by atoms with van der Waals surface area (Å²) >= 11 is 6.02. The number of amides is 1. The zero-order valence-electron chi connectivity index (χ0n) is 18.3. The predicted molar refractivity (Wildman–Crippen MR) is 122 cm³/mol. The monoisotopic (exact) mass is 441 g/mol. The number of aliphatic hydroxyl groups excluding tert-OH is 1. The van der Waals surface area contributed by atoms with E-state index in [1.54, 1.807) is 42.5 Å². The van der Waals surface area contributed by atoms with Crippen LogP contribution in [0.15, 0.2) is 48.0 Å². The van der Waals surface area contributed by atoms with E-state index in [2.05, 4.69) is 13.8 Å². The standard InChI is InChI=1S/C25H28ClNO4/c1-5-12-27-22(17-6-9-19(26)10-7-17)21(24(29)25(27)30)23(28)18-8-11-20(16(4)13-18)31-14-15(2)3/h6-11,13,15,22,28H,5,12,14H2,1-4H3/b23-21-. The maximum absolute atomic E-state index is 12.9. The van der Waals surface area contributed by atoms with Crippen LogP contribution in [0.25, 0.3) is 5.76 Å². The molecule has 1 heterocycles. The molecule has 164 valence electrons. The zero-order chi connectivity index (χ0) is 22.7. The lowest BCUT2D eigenvalue weighted by Gasteiger charge is -2.25. The third-order valence-electron chi connectivity index (χ3n) is 5.21. The number of ether oxygens (including phenoxy) is 1. The largest absolute Gasteiger partial charge is 0.507 e. The molecule has 0 radical (unpaired) electrons. The van der Waals surface area contributed by atoms with E-state index < -0.39 is 17.7 Å². The molecule has 1 saturated heterocycles. The van der Waals surface area contributed by atoms with Crippen LogP contribution in [0.1, 0.15) is 49.9 Å². The van der Waals surface area contributed by atoms with Gasteiger partial charge < -0.3 is 14.7 Å². The van der Waals surface area contributed by atoms with E-state index in [4.69, 9.17) is 16.3 Å². The molecule has 6 heteroatoms. The number of Topliss-reactive ketones (excluding diaryl/α,β-unsaturated/α-hetero) is 1. The SMILES string of the molecule is CCCN1C(=O)C(=O)/C(=C(\O)c2ccc(OCC(C)C)c(C)c2)C1c1ccc(Cl)cc1. The third kappa shape index (κ3) is 4.77. The van der Waals surface area contributed by atoms with Crippen molar-refractivity contribution in [2.75, 3.05) is 13.2 Å². The molecule has 5 nitrogen and oxygen atoms in total. The van der Waals surface area contributed by atoms with Crippen LogP contribution >= 0.6 is 11.6 Å². The Balaban J connectivity index is 2.07. The summed E-state index contributed by atoms with van der Waals surface area (Å²) in [6, 6.07) is 11.6. The number of carbonyl (C=O) groups excluding carboxylic acids is 2. The molecule has 2 aromatic carbocycles. The van der Waals surface area contributed by atoms with Gasteiger partial charge in [-0.1, -0.05) is 44.5 Å². The van der Waals surface area contributed by atoms with E-state index in [1.807, 2.05) is 13.8 Å². The van der Waals surface area contributed by atoms with E-state index in [0.29, 0.717) is 36.1 Å². The molecule has 1 amide bonds. The Hall–Kier alpha value is -2.79. The first kappa shape index (κ1) is 22.9. The summed E-state index contributed by atoms with van der Waals surface area (Å²) in [6.45, 7) is 8.97. The van der Waals surface area contributed by atoms with Gasteiger partial charge in [0.1, 0.15) is 11.5 Å². The molecule has 1 fully saturated rings. The van der Waals surface area contributed by atoms with Crippen molar-refractivity contribution in [1.82, 2.24) is 4.90 Å². The van der Waals surface area contributed by atoms with Gasteiger partial charge in [-0.25, -0.2) is 0 Å². The van der Waals surface area contributed by atoms with Gasteiger partial charge in [0.2, 0.25) is 0 Å². The van der Waals surface area contributed by atoms with Gasteiger partial charge in [-0.05, 0) is 60.7 Å².